The van der Waals surface area contributed by atoms with Crippen LogP contribution in [0.25, 0.3) is 27.5 Å². The van der Waals surface area contributed by atoms with E-state index in [0.717, 1.165) is 10.7 Å². The third-order valence-electron chi connectivity index (χ3n) is 4.07. The van der Waals surface area contributed by atoms with Crippen LogP contribution < -0.4 is 11.0 Å². The number of nitrogens with zero attached hydrogens (tertiary/aromatic N) is 3. The van der Waals surface area contributed by atoms with Crippen LogP contribution in [0.3, 0.4) is 0 Å². The molecule has 0 bridgehead atoms. The highest BCUT2D eigenvalue weighted by Crippen LogP contribution is 2.22. The Hall–Kier alpha value is -3.72. The average Bonchev–Trinajstić information content (AvgIpc) is 2.64. The number of pyridine rings is 1. The number of nitro groups is 1. The van der Waals surface area contributed by atoms with Gasteiger partial charge in [0.25, 0.3) is 17.1 Å². The molecule has 2 heterocycles. The molecule has 0 aliphatic heterocycles. The van der Waals surface area contributed by atoms with Crippen molar-refractivity contribution in [3.63, 3.8) is 0 Å². The summed E-state index contributed by atoms with van der Waals surface area (Å²) in [6.45, 7) is 0. The van der Waals surface area contributed by atoms with E-state index in [2.05, 4.69) is 10.1 Å². The zero-order valence-electron chi connectivity index (χ0n) is 13.3. The van der Waals surface area contributed by atoms with Crippen LogP contribution in [0.2, 0.25) is 5.02 Å². The van der Waals surface area contributed by atoms with Gasteiger partial charge in [-0.3, -0.25) is 19.7 Å². The summed E-state index contributed by atoms with van der Waals surface area (Å²) in [7, 11) is 0. The first-order valence-electron chi connectivity index (χ1n) is 7.59. The van der Waals surface area contributed by atoms with Crippen LogP contribution in [0.15, 0.2) is 52.1 Å². The molecule has 10 heteroatoms. The van der Waals surface area contributed by atoms with Crippen molar-refractivity contribution in [1.82, 2.24) is 14.8 Å². The van der Waals surface area contributed by atoms with Gasteiger partial charge in [-0.2, -0.15) is 4.68 Å². The molecule has 4 rings (SSSR count). The molecule has 0 amide bonds. The van der Waals surface area contributed by atoms with E-state index in [1.54, 1.807) is 0 Å². The SMILES string of the molecule is O=c1c2ccc(Cl)cc2[nH]c2c(O)nn(-c3cccc([N+](=O)[O-])c3)c(=O)c12. The number of nitro benzene ring substituents is 1. The van der Waals surface area contributed by atoms with Gasteiger partial charge < -0.3 is 10.1 Å². The lowest BCUT2D eigenvalue weighted by Gasteiger charge is -2.09. The molecule has 9 nitrogen and oxygen atoms in total. The summed E-state index contributed by atoms with van der Waals surface area (Å²) in [5.41, 5.74) is -1.45. The Morgan fingerprint density at radius 2 is 1.96 bits per heavy atom. The summed E-state index contributed by atoms with van der Waals surface area (Å²) in [6, 6.07) is 9.60. The molecular weight excluding hydrogens is 376 g/mol. The zero-order valence-corrected chi connectivity index (χ0v) is 14.1. The number of non-ortho nitro benzene ring substituents is 1. The minimum atomic E-state index is -0.818. The van der Waals surface area contributed by atoms with Crippen molar-refractivity contribution in [2.24, 2.45) is 0 Å². The lowest BCUT2D eigenvalue weighted by molar-refractivity contribution is -0.384. The van der Waals surface area contributed by atoms with E-state index >= 15 is 0 Å². The van der Waals surface area contributed by atoms with Gasteiger partial charge in [0.05, 0.1) is 16.1 Å². The minimum Gasteiger partial charge on any atom is -0.491 e. The summed E-state index contributed by atoms with van der Waals surface area (Å²) < 4.78 is 0.752. The molecule has 4 aromatic rings. The van der Waals surface area contributed by atoms with Gasteiger partial charge in [-0.05, 0) is 24.3 Å². The van der Waals surface area contributed by atoms with E-state index in [9.17, 15) is 24.8 Å². The molecule has 0 aliphatic carbocycles. The minimum absolute atomic E-state index is 0.0435. The molecule has 0 saturated carbocycles. The Morgan fingerprint density at radius 3 is 2.70 bits per heavy atom. The Morgan fingerprint density at radius 1 is 1.19 bits per heavy atom. The van der Waals surface area contributed by atoms with E-state index in [0.29, 0.717) is 10.5 Å². The fraction of sp³-hybridized carbons (Fsp3) is 0. The topological polar surface area (TPSA) is 131 Å². The van der Waals surface area contributed by atoms with Crippen molar-refractivity contribution < 1.29 is 10.0 Å². The van der Waals surface area contributed by atoms with Crippen LogP contribution in [-0.4, -0.2) is 24.8 Å². The highest BCUT2D eigenvalue weighted by molar-refractivity contribution is 6.31. The fourth-order valence-electron chi connectivity index (χ4n) is 2.84. The van der Waals surface area contributed by atoms with Crippen molar-refractivity contribution in [2.75, 3.05) is 0 Å². The quantitative estimate of drug-likeness (QED) is 0.310. The standard InChI is InChI=1S/C17H9ClN4O5/c18-8-4-5-11-12(6-8)19-14-13(15(11)23)17(25)21(20-16(14)24)9-2-1-3-10(7-9)22(26)27/h1-7H,(H,19,23)(H,20,24). The third-order valence-corrected chi connectivity index (χ3v) is 4.31. The molecule has 0 unspecified atom stereocenters. The first kappa shape index (κ1) is 16.7. The molecule has 0 atom stereocenters. The van der Waals surface area contributed by atoms with Gasteiger partial charge in [0.2, 0.25) is 5.43 Å². The van der Waals surface area contributed by atoms with Crippen LogP contribution in [0.1, 0.15) is 0 Å². The van der Waals surface area contributed by atoms with Crippen LogP contribution >= 0.6 is 11.6 Å². The number of rotatable bonds is 2. The van der Waals surface area contributed by atoms with Gasteiger partial charge in [0.1, 0.15) is 10.9 Å². The predicted molar refractivity (Wildman–Crippen MR) is 98.8 cm³/mol. The van der Waals surface area contributed by atoms with E-state index < -0.39 is 21.8 Å². The average molecular weight is 385 g/mol. The molecule has 0 fully saturated rings. The second-order valence-electron chi connectivity index (χ2n) is 5.71. The molecule has 0 spiro atoms. The molecule has 0 radical (unpaired) electrons. The number of nitrogens with one attached hydrogen (secondary N) is 1. The molecule has 2 aromatic carbocycles. The first-order valence-corrected chi connectivity index (χ1v) is 7.97. The smallest absolute Gasteiger partial charge is 0.285 e. The largest absolute Gasteiger partial charge is 0.491 e. The number of H-pyrrole nitrogens is 1. The maximum absolute atomic E-state index is 12.9. The maximum Gasteiger partial charge on any atom is 0.285 e. The highest BCUT2D eigenvalue weighted by Gasteiger charge is 2.18. The number of aromatic amines is 1. The number of aromatic nitrogens is 3. The number of aromatic hydroxyl groups is 1. The van der Waals surface area contributed by atoms with Crippen molar-refractivity contribution in [1.29, 1.82) is 0 Å². The number of hydrogen-bond donors (Lipinski definition) is 2. The molecule has 2 N–H and O–H groups in total. The van der Waals surface area contributed by atoms with E-state index in [1.807, 2.05) is 0 Å². The van der Waals surface area contributed by atoms with E-state index in [-0.39, 0.29) is 27.7 Å². The monoisotopic (exact) mass is 384 g/mol. The lowest BCUT2D eigenvalue weighted by Crippen LogP contribution is -2.26. The Balaban J connectivity index is 2.11. The second kappa shape index (κ2) is 5.92. The number of benzene rings is 2. The Bertz CT molecular complexity index is 1380. The Labute approximate surface area is 154 Å². The molecular formula is C17H9ClN4O5. The van der Waals surface area contributed by atoms with Gasteiger partial charge in [-0.25, -0.2) is 0 Å². The summed E-state index contributed by atoms with van der Waals surface area (Å²) in [4.78, 5) is 38.8. The predicted octanol–water partition coefficient (Wildman–Crippen LogP) is 2.49. The van der Waals surface area contributed by atoms with Gasteiger partial charge in [0.15, 0.2) is 0 Å². The van der Waals surface area contributed by atoms with Crippen molar-refractivity contribution in [2.45, 2.75) is 0 Å². The molecule has 0 saturated heterocycles. The second-order valence-corrected chi connectivity index (χ2v) is 6.15. The maximum atomic E-state index is 12.9. The van der Waals surface area contributed by atoms with Crippen LogP contribution in [0, 0.1) is 10.1 Å². The summed E-state index contributed by atoms with van der Waals surface area (Å²) in [5.74, 6) is -0.602. The summed E-state index contributed by atoms with van der Waals surface area (Å²) in [6.07, 6.45) is 0. The van der Waals surface area contributed by atoms with Gasteiger partial charge >= 0.3 is 0 Å². The molecule has 27 heavy (non-hydrogen) atoms. The van der Waals surface area contributed by atoms with Crippen molar-refractivity contribution in [3.05, 3.63) is 78.2 Å². The van der Waals surface area contributed by atoms with E-state index in [4.69, 9.17) is 11.6 Å². The van der Waals surface area contributed by atoms with Gasteiger partial charge in [-0.15, -0.1) is 5.10 Å². The number of fused-ring (bicyclic) bond motifs is 2. The summed E-state index contributed by atoms with van der Waals surface area (Å²) in [5, 5.41) is 25.3. The van der Waals surface area contributed by atoms with Crippen LogP contribution in [0.5, 0.6) is 5.88 Å². The Kier molecular flexibility index (Phi) is 3.67. The van der Waals surface area contributed by atoms with Crippen LogP contribution in [-0.2, 0) is 0 Å². The lowest BCUT2D eigenvalue weighted by atomic mass is 10.1. The van der Waals surface area contributed by atoms with Gasteiger partial charge in [-0.1, -0.05) is 17.7 Å². The van der Waals surface area contributed by atoms with Crippen molar-refractivity contribution in [3.8, 4) is 11.6 Å². The molecule has 134 valence electrons. The number of hydrogen-bond acceptors (Lipinski definition) is 6. The molecule has 0 aliphatic rings. The highest BCUT2D eigenvalue weighted by atomic mass is 35.5. The zero-order chi connectivity index (χ0) is 19.3. The molecule has 2 aromatic heterocycles. The van der Waals surface area contributed by atoms with Crippen molar-refractivity contribution >= 4 is 39.1 Å². The van der Waals surface area contributed by atoms with Crippen LogP contribution in [0.4, 0.5) is 5.69 Å². The summed E-state index contributed by atoms with van der Waals surface area (Å²) >= 11 is 5.92. The first-order chi connectivity index (χ1) is 12.9. The van der Waals surface area contributed by atoms with Gasteiger partial charge in [0, 0.05) is 22.5 Å². The third kappa shape index (κ3) is 2.61. The number of halogens is 1. The fourth-order valence-corrected chi connectivity index (χ4v) is 3.02. The van der Waals surface area contributed by atoms with E-state index in [1.165, 1.54) is 36.4 Å². The normalized spacial score (nSPS) is 11.1.